The summed E-state index contributed by atoms with van der Waals surface area (Å²) in [6.45, 7) is 6.69. The van der Waals surface area contributed by atoms with Crippen LogP contribution < -0.4 is 14.8 Å². The van der Waals surface area contributed by atoms with Crippen molar-refractivity contribution in [3.8, 4) is 11.5 Å². The van der Waals surface area contributed by atoms with Crippen LogP contribution in [0.1, 0.15) is 70.4 Å². The van der Waals surface area contributed by atoms with Gasteiger partial charge in [-0.05, 0) is 82.4 Å². The summed E-state index contributed by atoms with van der Waals surface area (Å²) in [7, 11) is 3.31. The number of hydrogen-bond donors (Lipinski definition) is 2. The molecule has 3 heterocycles. The number of methoxy groups -OCH3 is 2. The van der Waals surface area contributed by atoms with Gasteiger partial charge in [0.05, 0.1) is 31.8 Å². The number of carboxylic acids is 1. The highest BCUT2D eigenvalue weighted by molar-refractivity contribution is 5.87. The van der Waals surface area contributed by atoms with E-state index in [2.05, 4.69) is 32.0 Å². The van der Waals surface area contributed by atoms with Gasteiger partial charge in [0.15, 0.2) is 5.79 Å². The lowest BCUT2D eigenvalue weighted by Crippen LogP contribution is -2.48. The third kappa shape index (κ3) is 6.41. The van der Waals surface area contributed by atoms with Crippen molar-refractivity contribution in [3.05, 3.63) is 42.4 Å². The van der Waals surface area contributed by atoms with Gasteiger partial charge in [0.1, 0.15) is 35.4 Å². The average molecular weight is 634 g/mol. The van der Waals surface area contributed by atoms with E-state index >= 15 is 0 Å². The summed E-state index contributed by atoms with van der Waals surface area (Å²) >= 11 is 0. The van der Waals surface area contributed by atoms with E-state index in [1.54, 1.807) is 20.5 Å². The number of fused-ring (bicyclic) bond motifs is 2. The zero-order valence-electron chi connectivity index (χ0n) is 27.4. The van der Waals surface area contributed by atoms with Crippen LogP contribution in [0.4, 0.5) is 5.82 Å². The Morgan fingerprint density at radius 3 is 2.61 bits per heavy atom. The fraction of sp³-hybridized carbons (Fsp3) is 0.629. The summed E-state index contributed by atoms with van der Waals surface area (Å²) < 4.78 is 26.5. The highest BCUT2D eigenvalue weighted by atomic mass is 16.8. The summed E-state index contributed by atoms with van der Waals surface area (Å²) in [6, 6.07) is 8.53. The molecule has 46 heavy (non-hydrogen) atoms. The van der Waals surface area contributed by atoms with E-state index in [9.17, 15) is 4.79 Å². The number of benzene rings is 1. The topological polar surface area (TPSA) is 120 Å². The maximum atomic E-state index is 11.1. The van der Waals surface area contributed by atoms with Crippen molar-refractivity contribution in [2.75, 3.05) is 32.6 Å². The van der Waals surface area contributed by atoms with E-state index in [0.717, 1.165) is 78.6 Å². The minimum Gasteiger partial charge on any atom is -0.497 e. The van der Waals surface area contributed by atoms with Gasteiger partial charge in [-0.15, -0.1) is 0 Å². The largest absolute Gasteiger partial charge is 0.497 e. The smallest absolute Gasteiger partial charge is 0.303 e. The molecule has 4 atom stereocenters. The van der Waals surface area contributed by atoms with Gasteiger partial charge >= 0.3 is 5.97 Å². The van der Waals surface area contributed by atoms with Crippen molar-refractivity contribution >= 4 is 22.8 Å². The molecular weight excluding hydrogens is 586 g/mol. The van der Waals surface area contributed by atoms with Crippen molar-refractivity contribution in [1.29, 1.82) is 0 Å². The highest BCUT2D eigenvalue weighted by Gasteiger charge is 2.55. The number of carboxylic acid groups (broad SMARTS) is 1. The SMILES string of the molecule is COc1ccc(CNc2ncnc3c2ccn3[C@@H]2C[C@H](CN(CC3CC3)C3CC(CCC(=O)O)C3)[C@H]3OC(C)(C)O[C@H]32)c(OC)c1. The van der Waals surface area contributed by atoms with E-state index in [1.165, 1.54) is 12.8 Å². The molecule has 3 saturated carbocycles. The van der Waals surface area contributed by atoms with Gasteiger partial charge in [0.2, 0.25) is 0 Å². The molecule has 3 aliphatic carbocycles. The van der Waals surface area contributed by atoms with Crippen molar-refractivity contribution in [1.82, 2.24) is 19.4 Å². The summed E-state index contributed by atoms with van der Waals surface area (Å²) in [5, 5.41) is 13.6. The van der Waals surface area contributed by atoms with Gasteiger partial charge in [-0.2, -0.15) is 0 Å². The quantitative estimate of drug-likeness (QED) is 0.236. The number of aromatic nitrogens is 3. The number of aliphatic carboxylic acids is 1. The number of ether oxygens (including phenoxy) is 4. The summed E-state index contributed by atoms with van der Waals surface area (Å²) in [4.78, 5) is 23.2. The second kappa shape index (κ2) is 12.7. The molecule has 11 heteroatoms. The Morgan fingerprint density at radius 2 is 1.87 bits per heavy atom. The molecule has 0 spiro atoms. The van der Waals surface area contributed by atoms with Crippen LogP contribution in [0.15, 0.2) is 36.8 Å². The van der Waals surface area contributed by atoms with E-state index in [4.69, 9.17) is 29.0 Å². The molecule has 3 aromatic rings. The van der Waals surface area contributed by atoms with Crippen LogP contribution in [-0.4, -0.2) is 81.9 Å². The van der Waals surface area contributed by atoms with Crippen molar-refractivity contribution in [2.24, 2.45) is 17.8 Å². The van der Waals surface area contributed by atoms with Gasteiger partial charge in [0, 0.05) is 55.8 Å². The van der Waals surface area contributed by atoms with E-state index in [1.807, 2.05) is 32.0 Å². The zero-order valence-corrected chi connectivity index (χ0v) is 27.4. The molecule has 11 nitrogen and oxygen atoms in total. The molecule has 2 aromatic heterocycles. The van der Waals surface area contributed by atoms with E-state index < -0.39 is 11.8 Å². The molecular formula is C35H47N5O6. The maximum Gasteiger partial charge on any atom is 0.303 e. The second-order valence-electron chi connectivity index (χ2n) is 14.2. The normalized spacial score (nSPS) is 28.3. The Hall–Kier alpha value is -3.41. The summed E-state index contributed by atoms with van der Waals surface area (Å²) in [6.07, 6.45) is 10.5. The molecule has 1 saturated heterocycles. The van der Waals surface area contributed by atoms with Crippen molar-refractivity contribution in [2.45, 2.75) is 95.4 Å². The van der Waals surface area contributed by atoms with Crippen molar-refractivity contribution in [3.63, 3.8) is 0 Å². The molecule has 0 bridgehead atoms. The van der Waals surface area contributed by atoms with Crippen LogP contribution in [0.5, 0.6) is 11.5 Å². The Bertz CT molecular complexity index is 1550. The van der Waals surface area contributed by atoms with Crippen LogP contribution in [0, 0.1) is 17.8 Å². The molecule has 4 aliphatic rings. The predicted octanol–water partition coefficient (Wildman–Crippen LogP) is 5.50. The average Bonchev–Trinajstić information content (AvgIpc) is 3.51. The van der Waals surface area contributed by atoms with Crippen LogP contribution >= 0.6 is 0 Å². The minimum atomic E-state index is -0.689. The standard InChI is InChI=1S/C35H47N5O6/c1-35(2)45-31-24(19-39(18-21-5-6-21)25-13-22(14-25)7-10-30(41)42)15-28(32(31)46-35)40-12-11-27-33(37-20-38-34(27)40)36-17-23-8-9-26(43-3)16-29(23)44-4/h8-9,11-12,16,20-22,24-25,28,31-32H,5-7,10,13-15,17-19H2,1-4H3,(H,41,42)(H,36,37,38)/t22?,24-,25?,28-,31-,32+/m1/s1. The molecule has 0 amide bonds. The Balaban J connectivity index is 1.09. The van der Waals surface area contributed by atoms with Crippen molar-refractivity contribution < 1.29 is 28.8 Å². The lowest BCUT2D eigenvalue weighted by molar-refractivity contribution is -0.161. The second-order valence-corrected chi connectivity index (χ2v) is 14.2. The molecule has 1 aromatic carbocycles. The first-order chi connectivity index (χ1) is 22.2. The first kappa shape index (κ1) is 31.2. The third-order valence-electron chi connectivity index (χ3n) is 10.5. The first-order valence-corrected chi connectivity index (χ1v) is 16.8. The number of carbonyl (C=O) groups is 1. The maximum absolute atomic E-state index is 11.1. The lowest BCUT2D eigenvalue weighted by atomic mass is 9.76. The molecule has 0 radical (unpaired) electrons. The number of nitrogens with zero attached hydrogens (tertiary/aromatic N) is 4. The summed E-state index contributed by atoms with van der Waals surface area (Å²) in [5.74, 6) is 2.59. The fourth-order valence-corrected chi connectivity index (χ4v) is 7.93. The van der Waals surface area contributed by atoms with Gasteiger partial charge in [0.25, 0.3) is 0 Å². The molecule has 2 N–H and O–H groups in total. The van der Waals surface area contributed by atoms with E-state index in [0.29, 0.717) is 24.4 Å². The zero-order chi connectivity index (χ0) is 32.0. The monoisotopic (exact) mass is 633 g/mol. The molecule has 7 rings (SSSR count). The lowest BCUT2D eigenvalue weighted by Gasteiger charge is -2.44. The Kier molecular flexibility index (Phi) is 8.58. The molecule has 4 fully saturated rings. The van der Waals surface area contributed by atoms with Crippen LogP contribution in [0.3, 0.4) is 0 Å². The number of anilines is 1. The van der Waals surface area contributed by atoms with E-state index in [-0.39, 0.29) is 24.7 Å². The van der Waals surface area contributed by atoms with Gasteiger partial charge in [-0.3, -0.25) is 9.69 Å². The minimum absolute atomic E-state index is 0.00371. The summed E-state index contributed by atoms with van der Waals surface area (Å²) in [5.41, 5.74) is 1.89. The van der Waals surface area contributed by atoms with Gasteiger partial charge in [-0.25, -0.2) is 9.97 Å². The number of nitrogens with one attached hydrogen (secondary N) is 1. The Morgan fingerprint density at radius 1 is 1.07 bits per heavy atom. The van der Waals surface area contributed by atoms with Crippen LogP contribution in [0.2, 0.25) is 0 Å². The predicted molar refractivity (Wildman–Crippen MR) is 173 cm³/mol. The molecule has 248 valence electrons. The Labute approximate surface area is 270 Å². The number of hydrogen-bond acceptors (Lipinski definition) is 9. The number of rotatable bonds is 14. The van der Waals surface area contributed by atoms with Gasteiger partial charge in [-0.1, -0.05) is 0 Å². The molecule has 0 unspecified atom stereocenters. The first-order valence-electron chi connectivity index (χ1n) is 16.8. The van der Waals surface area contributed by atoms with Crippen LogP contribution in [0.25, 0.3) is 11.0 Å². The fourth-order valence-electron chi connectivity index (χ4n) is 7.93. The third-order valence-corrected chi connectivity index (χ3v) is 10.5. The highest BCUT2D eigenvalue weighted by Crippen LogP contribution is 2.49. The molecule has 1 aliphatic heterocycles. The van der Waals surface area contributed by atoms with Crippen LogP contribution in [-0.2, 0) is 20.8 Å². The van der Waals surface area contributed by atoms with Gasteiger partial charge < -0.3 is 33.9 Å².